The summed E-state index contributed by atoms with van der Waals surface area (Å²) in [6, 6.07) is 9.15. The van der Waals surface area contributed by atoms with Gasteiger partial charge in [-0.3, -0.25) is 15.6 Å². The Balaban J connectivity index is 2.15. The molecule has 0 spiro atoms. The summed E-state index contributed by atoms with van der Waals surface area (Å²) < 4.78 is 1.42. The molecule has 0 atom stereocenters. The van der Waals surface area contributed by atoms with Crippen molar-refractivity contribution in [3.8, 4) is 11.4 Å². The van der Waals surface area contributed by atoms with Crippen LogP contribution in [-0.2, 0) is 0 Å². The monoisotopic (exact) mass is 291 g/mol. The minimum atomic E-state index is -0.588. The molecule has 0 saturated heterocycles. The first-order chi connectivity index (χ1) is 9.61. The van der Waals surface area contributed by atoms with Crippen LogP contribution in [0.3, 0.4) is 0 Å². The van der Waals surface area contributed by atoms with Crippen molar-refractivity contribution in [2.75, 3.05) is 7.05 Å². The van der Waals surface area contributed by atoms with E-state index in [2.05, 4.69) is 21.3 Å². The fraction of sp³-hybridized carbons (Fsp3) is 0.0833. The van der Waals surface area contributed by atoms with Gasteiger partial charge < -0.3 is 10.4 Å². The predicted octanol–water partition coefficient (Wildman–Crippen LogP) is 0.317. The molecule has 8 heteroatoms. The molecule has 0 saturated carbocycles. The Hall–Kier alpha value is -2.61. The molecule has 0 unspecified atom stereocenters. The number of nitrogens with one attached hydrogen (secondary N) is 3. The van der Waals surface area contributed by atoms with Crippen molar-refractivity contribution in [2.45, 2.75) is 0 Å². The number of aromatic hydroxyl groups is 1. The molecule has 0 fully saturated rings. The molecule has 20 heavy (non-hydrogen) atoms. The number of hydrogen-bond acceptors (Lipinski definition) is 4. The van der Waals surface area contributed by atoms with Gasteiger partial charge in [-0.15, -0.1) is 0 Å². The first-order valence-electron chi connectivity index (χ1n) is 5.74. The molecule has 104 valence electrons. The molecule has 7 nitrogen and oxygen atoms in total. The Bertz CT molecular complexity index is 626. The van der Waals surface area contributed by atoms with E-state index in [1.807, 2.05) is 30.3 Å². The van der Waals surface area contributed by atoms with Crippen LogP contribution in [0.1, 0.15) is 10.5 Å². The maximum absolute atomic E-state index is 11.8. The third-order valence-electron chi connectivity index (χ3n) is 2.45. The zero-order valence-corrected chi connectivity index (χ0v) is 11.4. The molecule has 0 aliphatic heterocycles. The Kier molecular flexibility index (Phi) is 4.16. The number of para-hydroxylation sites is 1. The number of carbonyl (C=O) groups excluding carboxylic acids is 1. The summed E-state index contributed by atoms with van der Waals surface area (Å²) in [7, 11) is 1.61. The zero-order chi connectivity index (χ0) is 14.5. The second-order valence-corrected chi connectivity index (χ2v) is 4.21. The highest BCUT2D eigenvalue weighted by Gasteiger charge is 2.16. The molecule has 1 aromatic heterocycles. The number of hydrogen-bond donors (Lipinski definition) is 4. The minimum absolute atomic E-state index is 0.0970. The number of hydrazine groups is 1. The van der Waals surface area contributed by atoms with Gasteiger partial charge in [-0.25, -0.2) is 4.68 Å². The number of rotatable bonds is 2. The Labute approximate surface area is 120 Å². The lowest BCUT2D eigenvalue weighted by Crippen LogP contribution is -2.45. The zero-order valence-electron chi connectivity index (χ0n) is 10.6. The van der Waals surface area contributed by atoms with Gasteiger partial charge in [-0.1, -0.05) is 18.2 Å². The maximum Gasteiger partial charge on any atom is 0.294 e. The molecule has 1 amide bonds. The van der Waals surface area contributed by atoms with Crippen molar-refractivity contribution in [1.29, 1.82) is 0 Å². The van der Waals surface area contributed by atoms with Crippen LogP contribution in [0, 0.1) is 0 Å². The van der Waals surface area contributed by atoms with E-state index in [0.29, 0.717) is 0 Å². The first-order valence-corrected chi connectivity index (χ1v) is 6.14. The summed E-state index contributed by atoms with van der Waals surface area (Å²) >= 11 is 4.81. The Morgan fingerprint density at radius 3 is 2.65 bits per heavy atom. The van der Waals surface area contributed by atoms with Gasteiger partial charge in [0.05, 0.1) is 11.9 Å². The fourth-order valence-electron chi connectivity index (χ4n) is 1.47. The Morgan fingerprint density at radius 2 is 2.00 bits per heavy atom. The largest absolute Gasteiger partial charge is 0.504 e. The second-order valence-electron chi connectivity index (χ2n) is 3.80. The van der Waals surface area contributed by atoms with E-state index in [1.165, 1.54) is 10.9 Å². The highest BCUT2D eigenvalue weighted by Crippen LogP contribution is 2.17. The number of aromatic nitrogens is 2. The predicted molar refractivity (Wildman–Crippen MR) is 77.5 cm³/mol. The average Bonchev–Trinajstić information content (AvgIpc) is 2.87. The highest BCUT2D eigenvalue weighted by atomic mass is 32.1. The van der Waals surface area contributed by atoms with Crippen LogP contribution in [-0.4, -0.2) is 33.0 Å². The number of thiocarbonyl (C=S) groups is 1. The summed E-state index contributed by atoms with van der Waals surface area (Å²) in [5.41, 5.74) is 5.43. The van der Waals surface area contributed by atoms with Crippen molar-refractivity contribution in [2.24, 2.45) is 0 Å². The summed E-state index contributed by atoms with van der Waals surface area (Å²) in [6.07, 6.45) is 1.36. The van der Waals surface area contributed by atoms with Crippen LogP contribution in [0.4, 0.5) is 0 Å². The van der Waals surface area contributed by atoms with Gasteiger partial charge in [-0.2, -0.15) is 5.10 Å². The van der Waals surface area contributed by atoms with E-state index in [1.54, 1.807) is 7.05 Å². The van der Waals surface area contributed by atoms with Crippen LogP contribution in [0.15, 0.2) is 36.5 Å². The van der Waals surface area contributed by atoms with Gasteiger partial charge in [0.25, 0.3) is 5.91 Å². The van der Waals surface area contributed by atoms with Gasteiger partial charge in [0, 0.05) is 7.05 Å². The second kappa shape index (κ2) is 6.02. The quantitative estimate of drug-likeness (QED) is 0.470. The van der Waals surface area contributed by atoms with Crippen LogP contribution >= 0.6 is 12.2 Å². The normalized spacial score (nSPS) is 9.85. The molecule has 0 aliphatic rings. The van der Waals surface area contributed by atoms with Crippen molar-refractivity contribution in [3.05, 3.63) is 42.2 Å². The van der Waals surface area contributed by atoms with E-state index in [9.17, 15) is 9.90 Å². The Morgan fingerprint density at radius 1 is 1.30 bits per heavy atom. The van der Waals surface area contributed by atoms with E-state index < -0.39 is 5.91 Å². The lowest BCUT2D eigenvalue weighted by molar-refractivity contribution is 0.0935. The third kappa shape index (κ3) is 3.04. The van der Waals surface area contributed by atoms with Crippen molar-refractivity contribution < 1.29 is 9.90 Å². The molecule has 0 radical (unpaired) electrons. The summed E-state index contributed by atoms with van der Waals surface area (Å²) in [4.78, 5) is 11.8. The topological polar surface area (TPSA) is 91.2 Å². The smallest absolute Gasteiger partial charge is 0.294 e. The average molecular weight is 291 g/mol. The molecule has 1 heterocycles. The van der Waals surface area contributed by atoms with E-state index >= 15 is 0 Å². The molecular weight excluding hydrogens is 278 g/mol. The van der Waals surface area contributed by atoms with Crippen molar-refractivity contribution in [3.63, 3.8) is 0 Å². The molecule has 2 aromatic rings. The summed E-state index contributed by atoms with van der Waals surface area (Å²) in [6.45, 7) is 0. The van der Waals surface area contributed by atoms with Crippen molar-refractivity contribution >= 4 is 23.2 Å². The third-order valence-corrected chi connectivity index (χ3v) is 2.75. The molecule has 0 aliphatic carbocycles. The van der Waals surface area contributed by atoms with Crippen LogP contribution < -0.4 is 16.2 Å². The van der Waals surface area contributed by atoms with E-state index in [4.69, 9.17) is 12.2 Å². The molecular formula is C12H13N5O2S. The van der Waals surface area contributed by atoms with E-state index in [-0.39, 0.29) is 16.6 Å². The van der Waals surface area contributed by atoms with Crippen LogP contribution in [0.25, 0.3) is 5.69 Å². The van der Waals surface area contributed by atoms with E-state index in [0.717, 1.165) is 5.69 Å². The highest BCUT2D eigenvalue weighted by molar-refractivity contribution is 7.80. The van der Waals surface area contributed by atoms with Crippen LogP contribution in [0.2, 0.25) is 0 Å². The molecule has 4 N–H and O–H groups in total. The first kappa shape index (κ1) is 13.8. The number of carbonyl (C=O) groups is 1. The number of benzene rings is 1. The summed E-state index contributed by atoms with van der Waals surface area (Å²) in [5, 5.41) is 16.7. The lowest BCUT2D eigenvalue weighted by atomic mass is 10.3. The standard InChI is InChI=1S/C12H13N5O2S/c1-13-12(20)15-14-11(19)10-9(18)7-17(16-10)8-5-3-2-4-6-8/h2-7,18H,1H3,(H,14,19)(H2,13,15,20). The van der Waals surface area contributed by atoms with Crippen molar-refractivity contribution in [1.82, 2.24) is 25.9 Å². The minimum Gasteiger partial charge on any atom is -0.504 e. The molecule has 1 aromatic carbocycles. The lowest BCUT2D eigenvalue weighted by Gasteiger charge is -2.07. The number of amides is 1. The fourth-order valence-corrected chi connectivity index (χ4v) is 1.53. The molecule has 0 bridgehead atoms. The molecule has 2 rings (SSSR count). The number of nitrogens with zero attached hydrogens (tertiary/aromatic N) is 2. The van der Waals surface area contributed by atoms with Gasteiger partial charge in [0.2, 0.25) is 0 Å². The summed E-state index contributed by atoms with van der Waals surface area (Å²) in [5.74, 6) is -0.807. The SMILES string of the molecule is CNC(=S)NNC(=O)c1nn(-c2ccccc2)cc1O. The van der Waals surface area contributed by atoms with Gasteiger partial charge in [0.15, 0.2) is 16.6 Å². The maximum atomic E-state index is 11.8. The van der Waals surface area contributed by atoms with Gasteiger partial charge in [-0.05, 0) is 24.4 Å². The van der Waals surface area contributed by atoms with Gasteiger partial charge in [0.1, 0.15) is 0 Å². The van der Waals surface area contributed by atoms with Crippen LogP contribution in [0.5, 0.6) is 5.75 Å². The van der Waals surface area contributed by atoms with Gasteiger partial charge >= 0.3 is 0 Å².